The molecule has 29 heavy (non-hydrogen) atoms. The summed E-state index contributed by atoms with van der Waals surface area (Å²) < 4.78 is 5.38. The highest BCUT2D eigenvalue weighted by Gasteiger charge is 2.22. The van der Waals surface area contributed by atoms with Crippen molar-refractivity contribution in [3.05, 3.63) is 64.5 Å². The maximum atomic E-state index is 12.4. The van der Waals surface area contributed by atoms with Crippen LogP contribution in [0.4, 0.5) is 10.5 Å². The van der Waals surface area contributed by atoms with Gasteiger partial charge in [0.25, 0.3) is 0 Å². The minimum atomic E-state index is -0.130. The van der Waals surface area contributed by atoms with Gasteiger partial charge in [-0.05, 0) is 42.5 Å². The minimum Gasteiger partial charge on any atom is -0.338 e. The Morgan fingerprint density at radius 1 is 1.03 bits per heavy atom. The second-order valence-electron chi connectivity index (χ2n) is 6.72. The van der Waals surface area contributed by atoms with Crippen molar-refractivity contribution in [3.8, 4) is 11.4 Å². The number of carbonyl (C=O) groups is 1. The van der Waals surface area contributed by atoms with E-state index in [4.69, 9.17) is 27.7 Å². The number of amides is 2. The molecule has 9 heteroatoms. The largest absolute Gasteiger partial charge is 0.338 e. The van der Waals surface area contributed by atoms with E-state index in [-0.39, 0.29) is 6.03 Å². The topological polar surface area (TPSA) is 74.5 Å². The summed E-state index contributed by atoms with van der Waals surface area (Å²) in [7, 11) is 0. The molecule has 0 unspecified atom stereocenters. The number of benzene rings is 2. The van der Waals surface area contributed by atoms with Gasteiger partial charge >= 0.3 is 6.03 Å². The van der Waals surface area contributed by atoms with E-state index in [9.17, 15) is 4.79 Å². The smallest absolute Gasteiger partial charge is 0.321 e. The molecule has 4 rings (SSSR count). The van der Waals surface area contributed by atoms with Gasteiger partial charge in [-0.25, -0.2) is 4.79 Å². The van der Waals surface area contributed by atoms with Crippen molar-refractivity contribution in [2.75, 3.05) is 31.5 Å². The molecule has 2 amide bonds. The molecule has 0 aliphatic carbocycles. The van der Waals surface area contributed by atoms with E-state index in [0.717, 1.165) is 18.7 Å². The number of nitrogens with zero attached hydrogens (tertiary/aromatic N) is 4. The third-order valence-corrected chi connectivity index (χ3v) is 5.15. The van der Waals surface area contributed by atoms with Gasteiger partial charge in [0, 0.05) is 47.5 Å². The number of hydrogen-bond acceptors (Lipinski definition) is 5. The highest BCUT2D eigenvalue weighted by atomic mass is 35.5. The van der Waals surface area contributed by atoms with E-state index in [1.807, 2.05) is 18.2 Å². The van der Waals surface area contributed by atoms with Crippen LogP contribution >= 0.6 is 23.2 Å². The van der Waals surface area contributed by atoms with E-state index >= 15 is 0 Å². The van der Waals surface area contributed by atoms with Gasteiger partial charge in [0.2, 0.25) is 11.7 Å². The quantitative estimate of drug-likeness (QED) is 0.662. The Morgan fingerprint density at radius 3 is 2.52 bits per heavy atom. The van der Waals surface area contributed by atoms with E-state index in [1.54, 1.807) is 35.2 Å². The van der Waals surface area contributed by atoms with Gasteiger partial charge in [-0.15, -0.1) is 0 Å². The Bertz CT molecular complexity index is 985. The lowest BCUT2D eigenvalue weighted by Crippen LogP contribution is -2.49. The molecule has 1 aliphatic rings. The van der Waals surface area contributed by atoms with Crippen molar-refractivity contribution >= 4 is 34.9 Å². The minimum absolute atomic E-state index is 0.130. The SMILES string of the molecule is O=C(Nc1cccc(Cl)c1)N1CCN(Cc2nc(-c3ccc(Cl)cc3)no2)CC1. The number of aromatic nitrogens is 2. The number of urea groups is 1. The first-order valence-electron chi connectivity index (χ1n) is 9.19. The molecular formula is C20H19Cl2N5O2. The molecule has 0 saturated carbocycles. The first kappa shape index (κ1) is 19.7. The maximum Gasteiger partial charge on any atom is 0.321 e. The summed E-state index contributed by atoms with van der Waals surface area (Å²) in [6.45, 7) is 3.22. The lowest BCUT2D eigenvalue weighted by molar-refractivity contribution is 0.133. The molecular weight excluding hydrogens is 413 g/mol. The molecule has 3 aromatic rings. The number of hydrogen-bond donors (Lipinski definition) is 1. The molecule has 1 saturated heterocycles. The van der Waals surface area contributed by atoms with Crippen LogP contribution in [-0.2, 0) is 6.54 Å². The second-order valence-corrected chi connectivity index (χ2v) is 7.60. The summed E-state index contributed by atoms with van der Waals surface area (Å²) >= 11 is 11.9. The number of halogens is 2. The molecule has 0 bridgehead atoms. The molecule has 2 aromatic carbocycles. The van der Waals surface area contributed by atoms with E-state index < -0.39 is 0 Å². The number of nitrogens with one attached hydrogen (secondary N) is 1. The molecule has 0 radical (unpaired) electrons. The Hall–Kier alpha value is -2.61. The highest BCUT2D eigenvalue weighted by molar-refractivity contribution is 6.31. The highest BCUT2D eigenvalue weighted by Crippen LogP contribution is 2.20. The van der Waals surface area contributed by atoms with E-state index in [2.05, 4.69) is 20.4 Å². The van der Waals surface area contributed by atoms with E-state index in [0.29, 0.717) is 47.1 Å². The first-order chi connectivity index (χ1) is 14.1. The summed E-state index contributed by atoms with van der Waals surface area (Å²) in [4.78, 5) is 20.9. The van der Waals surface area contributed by atoms with Crippen molar-refractivity contribution < 1.29 is 9.32 Å². The zero-order valence-corrected chi connectivity index (χ0v) is 17.0. The number of carbonyl (C=O) groups excluding carboxylic acids is 1. The third kappa shape index (κ3) is 5.06. The molecule has 2 heterocycles. The van der Waals surface area contributed by atoms with Gasteiger partial charge < -0.3 is 14.7 Å². The van der Waals surface area contributed by atoms with Crippen LogP contribution in [0.15, 0.2) is 53.1 Å². The van der Waals surface area contributed by atoms with Crippen LogP contribution in [0.5, 0.6) is 0 Å². The van der Waals surface area contributed by atoms with Gasteiger partial charge in [0.05, 0.1) is 6.54 Å². The monoisotopic (exact) mass is 431 g/mol. The van der Waals surface area contributed by atoms with Crippen LogP contribution in [0.1, 0.15) is 5.89 Å². The predicted octanol–water partition coefficient (Wildman–Crippen LogP) is 4.39. The van der Waals surface area contributed by atoms with Gasteiger partial charge in [-0.2, -0.15) is 4.98 Å². The Labute approximate surface area is 178 Å². The molecule has 0 atom stereocenters. The third-order valence-electron chi connectivity index (χ3n) is 4.66. The standard InChI is InChI=1S/C20H19Cl2N5O2/c21-15-6-4-14(5-7-15)19-24-18(29-25-19)13-26-8-10-27(11-9-26)20(28)23-17-3-1-2-16(22)12-17/h1-7,12H,8-11,13H2,(H,23,28). The zero-order chi connectivity index (χ0) is 20.2. The fraction of sp³-hybridized carbons (Fsp3) is 0.250. The van der Waals surface area contributed by atoms with Gasteiger partial charge in [0.1, 0.15) is 0 Å². The molecule has 1 N–H and O–H groups in total. The van der Waals surface area contributed by atoms with Crippen LogP contribution in [-0.4, -0.2) is 52.2 Å². The molecule has 150 valence electrons. The lowest BCUT2D eigenvalue weighted by Gasteiger charge is -2.33. The summed E-state index contributed by atoms with van der Waals surface area (Å²) in [5.74, 6) is 1.09. The van der Waals surface area contributed by atoms with Crippen molar-refractivity contribution in [3.63, 3.8) is 0 Å². The number of rotatable bonds is 4. The summed E-state index contributed by atoms with van der Waals surface area (Å²) in [6.07, 6.45) is 0. The van der Waals surface area contributed by atoms with Crippen LogP contribution < -0.4 is 5.32 Å². The Kier molecular flexibility index (Phi) is 5.99. The fourth-order valence-corrected chi connectivity index (χ4v) is 3.42. The van der Waals surface area contributed by atoms with Crippen LogP contribution in [0, 0.1) is 0 Å². The average Bonchev–Trinajstić information content (AvgIpc) is 3.17. The Morgan fingerprint density at radius 2 is 1.79 bits per heavy atom. The van der Waals surface area contributed by atoms with Crippen LogP contribution in [0.2, 0.25) is 10.0 Å². The van der Waals surface area contributed by atoms with E-state index in [1.165, 1.54) is 0 Å². The van der Waals surface area contributed by atoms with Crippen LogP contribution in [0.25, 0.3) is 11.4 Å². The number of anilines is 1. The summed E-state index contributed by atoms with van der Waals surface area (Å²) in [5, 5.41) is 8.16. The maximum absolute atomic E-state index is 12.4. The predicted molar refractivity (Wildman–Crippen MR) is 112 cm³/mol. The van der Waals surface area contributed by atoms with Crippen molar-refractivity contribution in [2.24, 2.45) is 0 Å². The van der Waals surface area contributed by atoms with Gasteiger partial charge in [-0.1, -0.05) is 34.4 Å². The molecule has 7 nitrogen and oxygen atoms in total. The van der Waals surface area contributed by atoms with Crippen molar-refractivity contribution in [1.29, 1.82) is 0 Å². The van der Waals surface area contributed by atoms with Crippen molar-refractivity contribution in [2.45, 2.75) is 6.54 Å². The molecule has 0 spiro atoms. The van der Waals surface area contributed by atoms with Crippen molar-refractivity contribution in [1.82, 2.24) is 19.9 Å². The normalized spacial score (nSPS) is 14.8. The average molecular weight is 432 g/mol. The molecule has 1 fully saturated rings. The summed E-state index contributed by atoms with van der Waals surface area (Å²) in [5.41, 5.74) is 1.54. The molecule has 1 aromatic heterocycles. The van der Waals surface area contributed by atoms with Crippen LogP contribution in [0.3, 0.4) is 0 Å². The number of piperazine rings is 1. The zero-order valence-electron chi connectivity index (χ0n) is 15.5. The summed E-state index contributed by atoms with van der Waals surface area (Å²) in [6, 6.07) is 14.3. The first-order valence-corrected chi connectivity index (χ1v) is 9.95. The van der Waals surface area contributed by atoms with Gasteiger partial charge in [-0.3, -0.25) is 4.90 Å². The lowest BCUT2D eigenvalue weighted by atomic mass is 10.2. The Balaban J connectivity index is 1.29. The second kappa shape index (κ2) is 8.82. The molecule has 1 aliphatic heterocycles. The van der Waals surface area contributed by atoms with Gasteiger partial charge in [0.15, 0.2) is 0 Å². The fourth-order valence-electron chi connectivity index (χ4n) is 3.10.